The van der Waals surface area contributed by atoms with Crippen molar-refractivity contribution in [3.63, 3.8) is 0 Å². The van der Waals surface area contributed by atoms with Gasteiger partial charge in [0.05, 0.1) is 11.1 Å². The highest BCUT2D eigenvalue weighted by molar-refractivity contribution is 7.25. The third-order valence-corrected chi connectivity index (χ3v) is 11.7. The first kappa shape index (κ1) is 29.7. The number of hydrogen-bond acceptors (Lipinski definition) is 2. The van der Waals surface area contributed by atoms with E-state index in [9.17, 15) is 0 Å². The predicted molar refractivity (Wildman–Crippen MR) is 217 cm³/mol. The normalized spacial score (nSPS) is 12.9. The van der Waals surface area contributed by atoms with Crippen LogP contribution in [0, 0.1) is 0 Å². The van der Waals surface area contributed by atoms with Gasteiger partial charge in [0.25, 0.3) is 0 Å². The summed E-state index contributed by atoms with van der Waals surface area (Å²) < 4.78 is 2.58. The predicted octanol–water partition coefficient (Wildman–Crippen LogP) is 13.6. The molecule has 0 atom stereocenters. The van der Waals surface area contributed by atoms with Gasteiger partial charge < -0.3 is 4.90 Å². The first-order valence-corrected chi connectivity index (χ1v) is 18.3. The lowest BCUT2D eigenvalue weighted by Gasteiger charge is -2.34. The Morgan fingerprint density at radius 3 is 1.67 bits per heavy atom. The van der Waals surface area contributed by atoms with Crippen molar-refractivity contribution in [1.29, 1.82) is 0 Å². The van der Waals surface area contributed by atoms with E-state index in [-0.39, 0.29) is 0 Å². The highest BCUT2D eigenvalue weighted by atomic mass is 32.1. The van der Waals surface area contributed by atoms with Gasteiger partial charge in [-0.25, -0.2) is 0 Å². The van der Waals surface area contributed by atoms with Gasteiger partial charge in [-0.1, -0.05) is 158 Å². The molecule has 0 radical (unpaired) electrons. The van der Waals surface area contributed by atoms with Crippen LogP contribution in [0.2, 0.25) is 0 Å². The summed E-state index contributed by atoms with van der Waals surface area (Å²) >= 11 is 1.88. The molecule has 1 nitrogen and oxygen atoms in total. The fraction of sp³-hybridized carbons (Fsp3) is 0.0204. The van der Waals surface area contributed by atoms with Crippen molar-refractivity contribution < 1.29 is 0 Å². The SMILES string of the molecule is c1ccc(-c2ccccc2N(c2ccccc2)c2ccc3sc4cccc(C5(c6ccccc6)c6ccccc6-c6ccccc65)c4c3c2)cc1. The number of hydrogen-bond donors (Lipinski definition) is 0. The first-order chi connectivity index (χ1) is 25.3. The molecular formula is C49H33NS. The summed E-state index contributed by atoms with van der Waals surface area (Å²) in [7, 11) is 0. The maximum Gasteiger partial charge on any atom is 0.0720 e. The molecular weight excluding hydrogens is 635 g/mol. The molecule has 1 aliphatic carbocycles. The second kappa shape index (κ2) is 12.0. The summed E-state index contributed by atoms with van der Waals surface area (Å²) in [5, 5.41) is 2.59. The van der Waals surface area contributed by atoms with Crippen LogP contribution < -0.4 is 4.90 Å². The summed E-state index contributed by atoms with van der Waals surface area (Å²) in [4.78, 5) is 2.42. The molecule has 0 unspecified atom stereocenters. The van der Waals surface area contributed by atoms with E-state index >= 15 is 0 Å². The molecule has 8 aromatic carbocycles. The van der Waals surface area contributed by atoms with E-state index in [1.807, 2.05) is 11.3 Å². The Bertz CT molecular complexity index is 2650. The summed E-state index contributed by atoms with van der Waals surface area (Å²) in [6, 6.07) is 73.4. The lowest BCUT2D eigenvalue weighted by Crippen LogP contribution is -2.28. The van der Waals surface area contributed by atoms with Gasteiger partial charge >= 0.3 is 0 Å². The molecule has 240 valence electrons. The number of para-hydroxylation sites is 2. The van der Waals surface area contributed by atoms with E-state index in [2.05, 4.69) is 205 Å². The number of thiophene rings is 1. The topological polar surface area (TPSA) is 3.24 Å². The zero-order chi connectivity index (χ0) is 33.8. The van der Waals surface area contributed by atoms with Crippen LogP contribution in [0.3, 0.4) is 0 Å². The van der Waals surface area contributed by atoms with Crippen molar-refractivity contribution in [3.8, 4) is 22.3 Å². The average molecular weight is 668 g/mol. The van der Waals surface area contributed by atoms with Crippen molar-refractivity contribution >= 4 is 48.6 Å². The molecule has 1 aromatic heterocycles. The van der Waals surface area contributed by atoms with E-state index < -0.39 is 5.41 Å². The van der Waals surface area contributed by atoms with Gasteiger partial charge in [-0.15, -0.1) is 11.3 Å². The van der Waals surface area contributed by atoms with Crippen molar-refractivity contribution in [2.75, 3.05) is 4.90 Å². The summed E-state index contributed by atoms with van der Waals surface area (Å²) in [6.45, 7) is 0. The molecule has 0 aliphatic heterocycles. The average Bonchev–Trinajstić information content (AvgIpc) is 3.73. The largest absolute Gasteiger partial charge is 0.310 e. The maximum atomic E-state index is 2.43. The Labute approximate surface area is 302 Å². The van der Waals surface area contributed by atoms with Crippen molar-refractivity contribution in [2.45, 2.75) is 5.41 Å². The van der Waals surface area contributed by atoms with E-state index in [1.165, 1.54) is 64.7 Å². The van der Waals surface area contributed by atoms with Crippen LogP contribution in [-0.2, 0) is 5.41 Å². The smallest absolute Gasteiger partial charge is 0.0720 e. The van der Waals surface area contributed by atoms with Gasteiger partial charge in [-0.2, -0.15) is 0 Å². The van der Waals surface area contributed by atoms with Crippen molar-refractivity contribution in [2.24, 2.45) is 0 Å². The molecule has 10 rings (SSSR count). The fourth-order valence-corrected chi connectivity index (χ4v) is 9.59. The van der Waals surface area contributed by atoms with Gasteiger partial charge in [0.1, 0.15) is 0 Å². The molecule has 51 heavy (non-hydrogen) atoms. The third kappa shape index (κ3) is 4.54. The van der Waals surface area contributed by atoms with E-state index in [4.69, 9.17) is 0 Å². The highest BCUT2D eigenvalue weighted by Gasteiger charge is 2.47. The van der Waals surface area contributed by atoms with Crippen LogP contribution in [0.5, 0.6) is 0 Å². The lowest BCUT2D eigenvalue weighted by atomic mass is 9.66. The Morgan fingerprint density at radius 2 is 0.961 bits per heavy atom. The molecule has 0 saturated carbocycles. The van der Waals surface area contributed by atoms with Crippen LogP contribution in [0.4, 0.5) is 17.1 Å². The molecule has 0 N–H and O–H groups in total. The van der Waals surface area contributed by atoms with Crippen LogP contribution in [-0.4, -0.2) is 0 Å². The number of rotatable bonds is 6. The minimum absolute atomic E-state index is 0.475. The molecule has 0 fully saturated rings. The number of fused-ring (bicyclic) bond motifs is 6. The van der Waals surface area contributed by atoms with Gasteiger partial charge in [-0.3, -0.25) is 0 Å². The van der Waals surface area contributed by atoms with Crippen molar-refractivity contribution in [3.05, 3.63) is 222 Å². The quantitative estimate of drug-likeness (QED) is 0.171. The van der Waals surface area contributed by atoms with Gasteiger partial charge in [-0.05, 0) is 81.4 Å². The molecule has 9 aromatic rings. The Morgan fingerprint density at radius 1 is 0.392 bits per heavy atom. The Balaban J connectivity index is 1.28. The second-order valence-corrected chi connectivity index (χ2v) is 14.3. The molecule has 0 spiro atoms. The van der Waals surface area contributed by atoms with Gasteiger partial charge in [0, 0.05) is 37.1 Å². The summed E-state index contributed by atoms with van der Waals surface area (Å²) in [5.41, 5.74) is 13.2. The zero-order valence-corrected chi connectivity index (χ0v) is 28.7. The first-order valence-electron chi connectivity index (χ1n) is 17.5. The maximum absolute atomic E-state index is 2.43. The van der Waals surface area contributed by atoms with Crippen LogP contribution in [0.15, 0.2) is 200 Å². The monoisotopic (exact) mass is 667 g/mol. The number of nitrogens with zero attached hydrogens (tertiary/aromatic N) is 1. The van der Waals surface area contributed by atoms with E-state index in [0.717, 1.165) is 17.1 Å². The van der Waals surface area contributed by atoms with Crippen LogP contribution >= 0.6 is 11.3 Å². The van der Waals surface area contributed by atoms with Crippen molar-refractivity contribution in [1.82, 2.24) is 0 Å². The van der Waals surface area contributed by atoms with E-state index in [1.54, 1.807) is 0 Å². The number of anilines is 3. The van der Waals surface area contributed by atoms with E-state index in [0.29, 0.717) is 0 Å². The summed E-state index contributed by atoms with van der Waals surface area (Å²) in [5.74, 6) is 0. The zero-order valence-electron chi connectivity index (χ0n) is 27.9. The second-order valence-electron chi connectivity index (χ2n) is 13.2. The molecule has 0 saturated heterocycles. The standard InChI is InChI=1S/C49H33NS/c1-4-17-34(18-5-1)38-23-12-15-29-45(38)50(36-21-8-3-9-22-36)37-31-32-46-41(33-37)48-44(28-16-30-47(48)51-46)49(35-19-6-2-7-20-35)42-26-13-10-24-39(42)40-25-11-14-27-43(40)49/h1-33H. The summed E-state index contributed by atoms with van der Waals surface area (Å²) in [6.07, 6.45) is 0. The number of benzene rings is 8. The minimum Gasteiger partial charge on any atom is -0.310 e. The minimum atomic E-state index is -0.475. The highest BCUT2D eigenvalue weighted by Crippen LogP contribution is 2.58. The fourth-order valence-electron chi connectivity index (χ4n) is 8.48. The van der Waals surface area contributed by atoms with Crippen LogP contribution in [0.1, 0.15) is 22.3 Å². The molecule has 0 bridgehead atoms. The van der Waals surface area contributed by atoms with Gasteiger partial charge in [0.15, 0.2) is 0 Å². The Kier molecular flexibility index (Phi) is 6.97. The molecule has 0 amide bonds. The molecule has 2 heteroatoms. The molecule has 1 heterocycles. The third-order valence-electron chi connectivity index (χ3n) is 10.5. The van der Waals surface area contributed by atoms with Crippen LogP contribution in [0.25, 0.3) is 42.4 Å². The van der Waals surface area contributed by atoms with Gasteiger partial charge in [0.2, 0.25) is 0 Å². The Hall–Kier alpha value is -6.22. The lowest BCUT2D eigenvalue weighted by molar-refractivity contribution is 0.777. The molecule has 1 aliphatic rings.